The van der Waals surface area contributed by atoms with Gasteiger partial charge >= 0.3 is 0 Å². The summed E-state index contributed by atoms with van der Waals surface area (Å²) in [6.07, 6.45) is 0. The largest absolute Gasteiger partial charge is 0.497 e. The second-order valence-corrected chi connectivity index (χ2v) is 3.24. The minimum Gasteiger partial charge on any atom is -0.497 e. The zero-order chi connectivity index (χ0) is 11.3. The highest BCUT2D eigenvalue weighted by Crippen LogP contribution is 2.12. The van der Waals surface area contributed by atoms with Crippen LogP contribution in [0.25, 0.3) is 0 Å². The summed E-state index contributed by atoms with van der Waals surface area (Å²) in [5, 5.41) is 0. The van der Waals surface area contributed by atoms with E-state index in [2.05, 4.69) is 0 Å². The molecule has 0 spiro atoms. The molecule has 0 aliphatic rings. The fraction of sp³-hybridized carbons (Fsp3) is 0.364. The number of carbonyl (C=O) groups excluding carboxylic acids is 1. The first-order chi connectivity index (χ1) is 7.19. The Morgan fingerprint density at radius 3 is 2.47 bits per heavy atom. The first kappa shape index (κ1) is 11.5. The molecule has 0 aliphatic heterocycles. The van der Waals surface area contributed by atoms with E-state index >= 15 is 0 Å². The maximum Gasteiger partial charge on any atom is 0.253 e. The summed E-state index contributed by atoms with van der Waals surface area (Å²) in [6, 6.07) is 7.02. The minimum absolute atomic E-state index is 0.0249. The number of hydrogen-bond acceptors (Lipinski definition) is 3. The fourth-order valence-corrected chi connectivity index (χ4v) is 1.25. The number of amides is 1. The van der Waals surface area contributed by atoms with Crippen molar-refractivity contribution in [2.75, 3.05) is 27.2 Å². The number of hydrogen-bond donors (Lipinski definition) is 1. The van der Waals surface area contributed by atoms with Crippen LogP contribution < -0.4 is 10.5 Å². The van der Waals surface area contributed by atoms with Gasteiger partial charge in [0.1, 0.15) is 5.75 Å². The van der Waals surface area contributed by atoms with Crippen LogP contribution in [-0.4, -0.2) is 38.1 Å². The van der Waals surface area contributed by atoms with Crippen molar-refractivity contribution < 1.29 is 9.53 Å². The quantitative estimate of drug-likeness (QED) is 0.793. The second-order valence-electron chi connectivity index (χ2n) is 3.24. The summed E-state index contributed by atoms with van der Waals surface area (Å²) in [5.41, 5.74) is 6.02. The standard InChI is InChI=1S/C11H16N2O2/c1-13(8-7-12)11(14)9-3-5-10(15-2)6-4-9/h3-6H,7-8,12H2,1-2H3. The van der Waals surface area contributed by atoms with Gasteiger partial charge in [0.15, 0.2) is 0 Å². The Morgan fingerprint density at radius 1 is 1.40 bits per heavy atom. The molecule has 0 heterocycles. The van der Waals surface area contributed by atoms with Crippen LogP contribution in [0.4, 0.5) is 0 Å². The van der Waals surface area contributed by atoms with Gasteiger partial charge in [-0.05, 0) is 24.3 Å². The minimum atomic E-state index is -0.0249. The Morgan fingerprint density at radius 2 is 2.00 bits per heavy atom. The molecule has 2 N–H and O–H groups in total. The van der Waals surface area contributed by atoms with Crippen LogP contribution in [0.1, 0.15) is 10.4 Å². The lowest BCUT2D eigenvalue weighted by molar-refractivity contribution is 0.0799. The van der Waals surface area contributed by atoms with Crippen LogP contribution >= 0.6 is 0 Å². The molecular weight excluding hydrogens is 192 g/mol. The molecule has 1 amide bonds. The highest BCUT2D eigenvalue weighted by atomic mass is 16.5. The molecule has 0 atom stereocenters. The van der Waals surface area contributed by atoms with Crippen LogP contribution in [0.2, 0.25) is 0 Å². The van der Waals surface area contributed by atoms with Gasteiger partial charge in [-0.15, -0.1) is 0 Å². The summed E-state index contributed by atoms with van der Waals surface area (Å²) in [4.78, 5) is 13.4. The van der Waals surface area contributed by atoms with E-state index in [0.717, 1.165) is 5.75 Å². The predicted octanol–water partition coefficient (Wildman–Crippen LogP) is 0.726. The van der Waals surface area contributed by atoms with Crippen molar-refractivity contribution in [2.45, 2.75) is 0 Å². The third-order valence-electron chi connectivity index (χ3n) is 2.15. The highest BCUT2D eigenvalue weighted by Gasteiger charge is 2.10. The SMILES string of the molecule is COc1ccc(C(=O)N(C)CCN)cc1. The van der Waals surface area contributed by atoms with Gasteiger partial charge in [0, 0.05) is 25.7 Å². The van der Waals surface area contributed by atoms with Crippen LogP contribution in [0, 0.1) is 0 Å². The normalized spacial score (nSPS) is 9.80. The summed E-state index contributed by atoms with van der Waals surface area (Å²) in [5.74, 6) is 0.719. The van der Waals surface area contributed by atoms with E-state index in [1.54, 1.807) is 43.3 Å². The first-order valence-corrected chi connectivity index (χ1v) is 4.78. The van der Waals surface area contributed by atoms with E-state index < -0.39 is 0 Å². The predicted molar refractivity (Wildman–Crippen MR) is 59.0 cm³/mol. The summed E-state index contributed by atoms with van der Waals surface area (Å²) < 4.78 is 5.01. The van der Waals surface area contributed by atoms with Gasteiger partial charge < -0.3 is 15.4 Å². The monoisotopic (exact) mass is 208 g/mol. The highest BCUT2D eigenvalue weighted by molar-refractivity contribution is 5.94. The van der Waals surface area contributed by atoms with Crippen molar-refractivity contribution in [1.29, 1.82) is 0 Å². The average Bonchev–Trinajstić information content (AvgIpc) is 2.28. The Labute approximate surface area is 89.6 Å². The lowest BCUT2D eigenvalue weighted by atomic mass is 10.2. The molecule has 1 rings (SSSR count). The number of benzene rings is 1. The third-order valence-corrected chi connectivity index (χ3v) is 2.15. The zero-order valence-corrected chi connectivity index (χ0v) is 9.06. The zero-order valence-electron chi connectivity index (χ0n) is 9.06. The second kappa shape index (κ2) is 5.36. The molecule has 0 fully saturated rings. The Hall–Kier alpha value is -1.55. The first-order valence-electron chi connectivity index (χ1n) is 4.78. The number of nitrogens with zero attached hydrogens (tertiary/aromatic N) is 1. The number of likely N-dealkylation sites (N-methyl/N-ethyl adjacent to an activating group) is 1. The van der Waals surface area contributed by atoms with Crippen LogP contribution in [0.3, 0.4) is 0 Å². The van der Waals surface area contributed by atoms with Crippen LogP contribution in [-0.2, 0) is 0 Å². The Kier molecular flexibility index (Phi) is 4.12. The van der Waals surface area contributed by atoms with Gasteiger partial charge in [0.25, 0.3) is 5.91 Å². The molecule has 0 aromatic heterocycles. The third kappa shape index (κ3) is 2.95. The Bertz CT molecular complexity index is 322. The number of carbonyl (C=O) groups is 1. The van der Waals surface area contributed by atoms with Gasteiger partial charge in [0.05, 0.1) is 7.11 Å². The van der Waals surface area contributed by atoms with Crippen molar-refractivity contribution in [3.63, 3.8) is 0 Å². The van der Waals surface area contributed by atoms with Gasteiger partial charge in [-0.2, -0.15) is 0 Å². The number of methoxy groups -OCH3 is 1. The molecule has 4 nitrogen and oxygen atoms in total. The molecule has 0 saturated heterocycles. The molecule has 0 aliphatic carbocycles. The van der Waals surface area contributed by atoms with E-state index in [0.29, 0.717) is 18.7 Å². The maximum absolute atomic E-state index is 11.8. The van der Waals surface area contributed by atoms with Crippen molar-refractivity contribution in [3.05, 3.63) is 29.8 Å². The van der Waals surface area contributed by atoms with Gasteiger partial charge in [-0.3, -0.25) is 4.79 Å². The van der Waals surface area contributed by atoms with E-state index in [9.17, 15) is 4.79 Å². The molecule has 0 bridgehead atoms. The van der Waals surface area contributed by atoms with Gasteiger partial charge in [0.2, 0.25) is 0 Å². The summed E-state index contributed by atoms with van der Waals surface area (Å²) >= 11 is 0. The molecule has 82 valence electrons. The summed E-state index contributed by atoms with van der Waals surface area (Å²) in [6.45, 7) is 1.03. The molecule has 4 heteroatoms. The lowest BCUT2D eigenvalue weighted by Gasteiger charge is -2.15. The molecule has 0 radical (unpaired) electrons. The van der Waals surface area contributed by atoms with E-state index in [1.807, 2.05) is 0 Å². The van der Waals surface area contributed by atoms with E-state index in [-0.39, 0.29) is 5.91 Å². The smallest absolute Gasteiger partial charge is 0.253 e. The maximum atomic E-state index is 11.8. The number of ether oxygens (including phenoxy) is 1. The molecule has 1 aromatic carbocycles. The van der Waals surface area contributed by atoms with Gasteiger partial charge in [-0.25, -0.2) is 0 Å². The van der Waals surface area contributed by atoms with E-state index in [1.165, 1.54) is 0 Å². The van der Waals surface area contributed by atoms with Crippen LogP contribution in [0.15, 0.2) is 24.3 Å². The number of rotatable bonds is 4. The molecular formula is C11H16N2O2. The van der Waals surface area contributed by atoms with Crippen molar-refractivity contribution >= 4 is 5.91 Å². The average molecular weight is 208 g/mol. The molecule has 1 aromatic rings. The number of nitrogens with two attached hydrogens (primary N) is 1. The van der Waals surface area contributed by atoms with Crippen molar-refractivity contribution in [2.24, 2.45) is 5.73 Å². The van der Waals surface area contributed by atoms with Crippen LogP contribution in [0.5, 0.6) is 5.75 Å². The fourth-order valence-electron chi connectivity index (χ4n) is 1.25. The van der Waals surface area contributed by atoms with E-state index in [4.69, 9.17) is 10.5 Å². The topological polar surface area (TPSA) is 55.6 Å². The molecule has 0 saturated carbocycles. The molecule has 0 unspecified atom stereocenters. The van der Waals surface area contributed by atoms with Crippen molar-refractivity contribution in [3.8, 4) is 5.75 Å². The lowest BCUT2D eigenvalue weighted by Crippen LogP contribution is -2.31. The Balaban J connectivity index is 2.73. The molecule has 15 heavy (non-hydrogen) atoms. The van der Waals surface area contributed by atoms with Gasteiger partial charge in [-0.1, -0.05) is 0 Å². The summed E-state index contributed by atoms with van der Waals surface area (Å²) in [7, 11) is 3.33. The van der Waals surface area contributed by atoms with Crippen molar-refractivity contribution in [1.82, 2.24) is 4.90 Å².